The van der Waals surface area contributed by atoms with Crippen molar-refractivity contribution in [3.63, 3.8) is 0 Å². The highest BCUT2D eigenvalue weighted by atomic mass is 16.2. The van der Waals surface area contributed by atoms with Gasteiger partial charge in [-0.1, -0.05) is 0 Å². The Bertz CT molecular complexity index is 220. The number of amides is 2. The zero-order chi connectivity index (χ0) is 11.6. The van der Waals surface area contributed by atoms with E-state index in [1.807, 2.05) is 18.9 Å². The normalized spacial score (nSPS) is 27.9. The SMILES string of the molecule is CCN(C)C(=O)N1CC(C)N(C)C(C)C1. The van der Waals surface area contributed by atoms with Crippen LogP contribution in [0.1, 0.15) is 20.8 Å². The maximum absolute atomic E-state index is 12.0. The van der Waals surface area contributed by atoms with Crippen molar-refractivity contribution < 1.29 is 4.79 Å². The van der Waals surface area contributed by atoms with Crippen molar-refractivity contribution in [3.05, 3.63) is 0 Å². The number of urea groups is 1. The molecule has 1 rings (SSSR count). The minimum absolute atomic E-state index is 0.157. The zero-order valence-electron chi connectivity index (χ0n) is 10.5. The number of carbonyl (C=O) groups excluding carboxylic acids is 1. The van der Waals surface area contributed by atoms with Crippen LogP contribution < -0.4 is 0 Å². The molecule has 1 fully saturated rings. The van der Waals surface area contributed by atoms with Crippen LogP contribution >= 0.6 is 0 Å². The summed E-state index contributed by atoms with van der Waals surface area (Å²) in [6.45, 7) is 8.78. The van der Waals surface area contributed by atoms with E-state index in [0.717, 1.165) is 19.6 Å². The predicted octanol–water partition coefficient (Wildman–Crippen LogP) is 1.08. The third-order valence-corrected chi connectivity index (χ3v) is 3.43. The van der Waals surface area contributed by atoms with E-state index in [2.05, 4.69) is 25.8 Å². The van der Waals surface area contributed by atoms with Gasteiger partial charge in [-0.2, -0.15) is 0 Å². The highest BCUT2D eigenvalue weighted by Crippen LogP contribution is 2.14. The smallest absolute Gasteiger partial charge is 0.319 e. The van der Waals surface area contributed by atoms with Crippen LogP contribution in [-0.4, -0.2) is 66.5 Å². The van der Waals surface area contributed by atoms with Crippen LogP contribution in [-0.2, 0) is 0 Å². The van der Waals surface area contributed by atoms with Crippen molar-refractivity contribution in [1.82, 2.24) is 14.7 Å². The molecule has 1 heterocycles. The fraction of sp³-hybridized carbons (Fsp3) is 0.909. The van der Waals surface area contributed by atoms with Gasteiger partial charge in [-0.15, -0.1) is 0 Å². The van der Waals surface area contributed by atoms with Crippen LogP contribution in [0.25, 0.3) is 0 Å². The predicted molar refractivity (Wildman–Crippen MR) is 62.0 cm³/mol. The average molecular weight is 213 g/mol. The number of nitrogens with zero attached hydrogens (tertiary/aromatic N) is 3. The minimum Gasteiger partial charge on any atom is -0.328 e. The molecule has 0 aromatic heterocycles. The molecule has 1 aliphatic heterocycles. The lowest BCUT2D eigenvalue weighted by atomic mass is 10.1. The first-order chi connectivity index (χ1) is 6.97. The summed E-state index contributed by atoms with van der Waals surface area (Å²) in [6, 6.07) is 1.05. The molecule has 0 spiro atoms. The van der Waals surface area contributed by atoms with E-state index in [-0.39, 0.29) is 6.03 Å². The third kappa shape index (κ3) is 2.62. The lowest BCUT2D eigenvalue weighted by molar-refractivity contribution is 0.0663. The zero-order valence-corrected chi connectivity index (χ0v) is 10.5. The van der Waals surface area contributed by atoms with E-state index < -0.39 is 0 Å². The molecule has 0 N–H and O–H groups in total. The number of hydrogen-bond acceptors (Lipinski definition) is 2. The third-order valence-electron chi connectivity index (χ3n) is 3.43. The monoisotopic (exact) mass is 213 g/mol. The van der Waals surface area contributed by atoms with E-state index >= 15 is 0 Å². The van der Waals surface area contributed by atoms with E-state index in [1.165, 1.54) is 0 Å². The van der Waals surface area contributed by atoms with Gasteiger partial charge in [0, 0.05) is 38.8 Å². The summed E-state index contributed by atoms with van der Waals surface area (Å²) in [5.74, 6) is 0. The Morgan fingerprint density at radius 1 is 1.33 bits per heavy atom. The lowest BCUT2D eigenvalue weighted by Gasteiger charge is -2.43. The van der Waals surface area contributed by atoms with Crippen molar-refractivity contribution in [2.75, 3.05) is 33.7 Å². The molecule has 4 heteroatoms. The van der Waals surface area contributed by atoms with Crippen molar-refractivity contribution in [1.29, 1.82) is 0 Å². The fourth-order valence-corrected chi connectivity index (χ4v) is 1.94. The second-order valence-electron chi connectivity index (χ2n) is 4.57. The van der Waals surface area contributed by atoms with Crippen LogP contribution in [0, 0.1) is 0 Å². The second-order valence-corrected chi connectivity index (χ2v) is 4.57. The quantitative estimate of drug-likeness (QED) is 0.652. The van der Waals surface area contributed by atoms with Crippen molar-refractivity contribution in [2.45, 2.75) is 32.9 Å². The molecule has 2 amide bonds. The topological polar surface area (TPSA) is 26.8 Å². The minimum atomic E-state index is 0.157. The van der Waals surface area contributed by atoms with Crippen LogP contribution in [0.2, 0.25) is 0 Å². The molecule has 0 radical (unpaired) electrons. The van der Waals surface area contributed by atoms with Crippen LogP contribution in [0.4, 0.5) is 4.79 Å². The number of hydrogen-bond donors (Lipinski definition) is 0. The number of piperazine rings is 1. The summed E-state index contributed by atoms with van der Waals surface area (Å²) in [5, 5.41) is 0. The first-order valence-electron chi connectivity index (χ1n) is 5.69. The maximum atomic E-state index is 12.0. The van der Waals surface area contributed by atoms with E-state index in [4.69, 9.17) is 0 Å². The Morgan fingerprint density at radius 2 is 1.80 bits per heavy atom. The molecular formula is C11H23N3O. The summed E-state index contributed by atoms with van der Waals surface area (Å²) < 4.78 is 0. The van der Waals surface area contributed by atoms with Crippen molar-refractivity contribution in [3.8, 4) is 0 Å². The molecule has 0 aromatic carbocycles. The van der Waals surface area contributed by atoms with Gasteiger partial charge in [-0.25, -0.2) is 4.79 Å². The molecular weight excluding hydrogens is 190 g/mol. The summed E-state index contributed by atoms with van der Waals surface area (Å²) in [5.41, 5.74) is 0. The maximum Gasteiger partial charge on any atom is 0.319 e. The van der Waals surface area contributed by atoms with Crippen molar-refractivity contribution in [2.24, 2.45) is 0 Å². The molecule has 2 unspecified atom stereocenters. The molecule has 0 bridgehead atoms. The first-order valence-corrected chi connectivity index (χ1v) is 5.69. The molecule has 15 heavy (non-hydrogen) atoms. The summed E-state index contributed by atoms with van der Waals surface area (Å²) >= 11 is 0. The van der Waals surface area contributed by atoms with E-state index in [1.54, 1.807) is 4.90 Å². The summed E-state index contributed by atoms with van der Waals surface area (Å²) in [7, 11) is 3.98. The van der Waals surface area contributed by atoms with Gasteiger partial charge in [0.05, 0.1) is 0 Å². The number of likely N-dealkylation sites (N-methyl/N-ethyl adjacent to an activating group) is 1. The molecule has 0 saturated carbocycles. The van der Waals surface area contributed by atoms with Gasteiger partial charge >= 0.3 is 6.03 Å². The molecule has 0 aliphatic carbocycles. The van der Waals surface area contributed by atoms with Gasteiger partial charge in [0.25, 0.3) is 0 Å². The first kappa shape index (κ1) is 12.3. The van der Waals surface area contributed by atoms with Gasteiger partial charge in [0.15, 0.2) is 0 Å². The van der Waals surface area contributed by atoms with Crippen LogP contribution in [0.3, 0.4) is 0 Å². The Labute approximate surface area is 92.8 Å². The van der Waals surface area contributed by atoms with Gasteiger partial charge in [0.2, 0.25) is 0 Å². The van der Waals surface area contributed by atoms with Crippen LogP contribution in [0.15, 0.2) is 0 Å². The van der Waals surface area contributed by atoms with Crippen LogP contribution in [0.5, 0.6) is 0 Å². The van der Waals surface area contributed by atoms with Gasteiger partial charge in [-0.05, 0) is 27.8 Å². The standard InChI is InChI=1S/C11H23N3O/c1-6-12(4)11(15)14-7-9(2)13(5)10(3)8-14/h9-10H,6-8H2,1-5H3. The Balaban J connectivity index is 2.61. The molecule has 0 aromatic rings. The molecule has 1 aliphatic rings. The van der Waals surface area contributed by atoms with Gasteiger partial charge < -0.3 is 9.80 Å². The Hall–Kier alpha value is -0.770. The van der Waals surface area contributed by atoms with Gasteiger partial charge in [-0.3, -0.25) is 4.90 Å². The number of rotatable bonds is 1. The highest BCUT2D eigenvalue weighted by molar-refractivity contribution is 5.74. The number of carbonyl (C=O) groups is 1. The Morgan fingerprint density at radius 3 is 2.20 bits per heavy atom. The molecule has 88 valence electrons. The van der Waals surface area contributed by atoms with E-state index in [0.29, 0.717) is 12.1 Å². The van der Waals surface area contributed by atoms with Crippen molar-refractivity contribution >= 4 is 6.03 Å². The fourth-order valence-electron chi connectivity index (χ4n) is 1.94. The van der Waals surface area contributed by atoms with E-state index in [9.17, 15) is 4.79 Å². The molecule has 4 nitrogen and oxygen atoms in total. The van der Waals surface area contributed by atoms with Gasteiger partial charge in [0.1, 0.15) is 0 Å². The summed E-state index contributed by atoms with van der Waals surface area (Å²) in [6.07, 6.45) is 0. The molecule has 1 saturated heterocycles. The lowest BCUT2D eigenvalue weighted by Crippen LogP contribution is -2.58. The molecule has 2 atom stereocenters. The largest absolute Gasteiger partial charge is 0.328 e. The summed E-state index contributed by atoms with van der Waals surface area (Å²) in [4.78, 5) is 18.0. The second kappa shape index (κ2) is 4.84. The highest BCUT2D eigenvalue weighted by Gasteiger charge is 2.30. The Kier molecular flexibility index (Phi) is 3.97. The average Bonchev–Trinajstić information content (AvgIpc) is 2.23.